The van der Waals surface area contributed by atoms with E-state index in [1.807, 2.05) is 30.3 Å². The molecule has 2 aromatic heterocycles. The van der Waals surface area contributed by atoms with Crippen molar-refractivity contribution in [2.45, 2.75) is 20.4 Å². The molecule has 8 heteroatoms. The van der Waals surface area contributed by atoms with Crippen molar-refractivity contribution in [2.75, 3.05) is 31.1 Å². The number of aryl methyl sites for hydroxylation is 2. The van der Waals surface area contributed by atoms with Crippen LogP contribution in [0.4, 0.5) is 5.82 Å². The van der Waals surface area contributed by atoms with E-state index in [0.29, 0.717) is 31.9 Å². The maximum Gasteiger partial charge on any atom is 0.267 e. The van der Waals surface area contributed by atoms with Crippen LogP contribution in [0.25, 0.3) is 11.3 Å². The zero-order chi connectivity index (χ0) is 21.1. The molecule has 0 spiro atoms. The molecule has 3 heterocycles. The Morgan fingerprint density at radius 2 is 1.70 bits per heavy atom. The number of rotatable bonds is 4. The lowest BCUT2D eigenvalue weighted by molar-refractivity contribution is -0.132. The first-order valence-corrected chi connectivity index (χ1v) is 9.98. The molecule has 1 fully saturated rings. The van der Waals surface area contributed by atoms with Crippen molar-refractivity contribution in [3.8, 4) is 11.3 Å². The second kappa shape index (κ2) is 8.44. The Morgan fingerprint density at radius 3 is 2.40 bits per heavy atom. The Balaban J connectivity index is 1.37. The van der Waals surface area contributed by atoms with Crippen molar-refractivity contribution >= 4 is 11.7 Å². The van der Waals surface area contributed by atoms with Gasteiger partial charge in [-0.3, -0.25) is 9.59 Å². The van der Waals surface area contributed by atoms with Gasteiger partial charge in [0.25, 0.3) is 5.56 Å². The van der Waals surface area contributed by atoms with Crippen molar-refractivity contribution in [1.82, 2.24) is 24.9 Å². The molecule has 1 amide bonds. The van der Waals surface area contributed by atoms with Crippen LogP contribution < -0.4 is 10.5 Å². The van der Waals surface area contributed by atoms with E-state index in [0.717, 1.165) is 22.6 Å². The SMILES string of the molecule is Cc1ccc(=O)n(CC(=O)N2CCN(c3ccc(-c4ccccc4C)nn3)CC2)n1. The first-order chi connectivity index (χ1) is 14.5. The minimum atomic E-state index is -0.267. The summed E-state index contributed by atoms with van der Waals surface area (Å²) >= 11 is 0. The molecule has 0 saturated carbocycles. The zero-order valence-electron chi connectivity index (χ0n) is 17.2. The number of piperazine rings is 1. The average molecular weight is 404 g/mol. The molecule has 1 saturated heterocycles. The maximum absolute atomic E-state index is 12.6. The molecule has 1 aromatic carbocycles. The van der Waals surface area contributed by atoms with Gasteiger partial charge in [0.05, 0.1) is 11.4 Å². The smallest absolute Gasteiger partial charge is 0.267 e. The number of carbonyl (C=O) groups is 1. The second-order valence-corrected chi connectivity index (χ2v) is 7.43. The molecule has 0 aliphatic carbocycles. The summed E-state index contributed by atoms with van der Waals surface area (Å²) in [6, 6.07) is 15.1. The van der Waals surface area contributed by atoms with Gasteiger partial charge in [0, 0.05) is 37.8 Å². The van der Waals surface area contributed by atoms with Gasteiger partial charge >= 0.3 is 0 Å². The first-order valence-electron chi connectivity index (χ1n) is 9.98. The highest BCUT2D eigenvalue weighted by Gasteiger charge is 2.23. The number of amides is 1. The van der Waals surface area contributed by atoms with Gasteiger partial charge in [-0.25, -0.2) is 4.68 Å². The maximum atomic E-state index is 12.6. The van der Waals surface area contributed by atoms with E-state index in [1.165, 1.54) is 10.7 Å². The van der Waals surface area contributed by atoms with Gasteiger partial charge in [-0.05, 0) is 37.6 Å². The molecule has 30 heavy (non-hydrogen) atoms. The molecule has 0 bridgehead atoms. The lowest BCUT2D eigenvalue weighted by Crippen LogP contribution is -2.50. The number of benzene rings is 1. The number of anilines is 1. The second-order valence-electron chi connectivity index (χ2n) is 7.43. The Kier molecular flexibility index (Phi) is 5.56. The molecular formula is C22H24N6O2. The highest BCUT2D eigenvalue weighted by molar-refractivity contribution is 5.76. The Labute approximate surface area is 174 Å². The monoisotopic (exact) mass is 404 g/mol. The van der Waals surface area contributed by atoms with Crippen molar-refractivity contribution in [1.29, 1.82) is 0 Å². The third-order valence-electron chi connectivity index (χ3n) is 5.31. The van der Waals surface area contributed by atoms with Crippen LogP contribution in [0.1, 0.15) is 11.3 Å². The third-order valence-corrected chi connectivity index (χ3v) is 5.31. The summed E-state index contributed by atoms with van der Waals surface area (Å²) < 4.78 is 1.22. The van der Waals surface area contributed by atoms with Crippen LogP contribution in [0.15, 0.2) is 53.3 Å². The number of hydrogen-bond donors (Lipinski definition) is 0. The Hall–Kier alpha value is -3.55. The number of carbonyl (C=O) groups excluding carboxylic acids is 1. The van der Waals surface area contributed by atoms with Crippen LogP contribution in [-0.4, -0.2) is 57.0 Å². The quantitative estimate of drug-likeness (QED) is 0.658. The summed E-state index contributed by atoms with van der Waals surface area (Å²) in [6.45, 7) is 6.29. The lowest BCUT2D eigenvalue weighted by atomic mass is 10.1. The van der Waals surface area contributed by atoms with Gasteiger partial charge in [0.1, 0.15) is 6.54 Å². The number of nitrogens with zero attached hydrogens (tertiary/aromatic N) is 6. The first kappa shape index (κ1) is 19.8. The van der Waals surface area contributed by atoms with E-state index >= 15 is 0 Å². The minimum absolute atomic E-state index is 0.0363. The van der Waals surface area contributed by atoms with Gasteiger partial charge in [-0.1, -0.05) is 24.3 Å². The van der Waals surface area contributed by atoms with E-state index < -0.39 is 0 Å². The van der Waals surface area contributed by atoms with E-state index in [4.69, 9.17) is 0 Å². The molecular weight excluding hydrogens is 380 g/mol. The van der Waals surface area contributed by atoms with Crippen LogP contribution in [0.3, 0.4) is 0 Å². The number of hydrogen-bond acceptors (Lipinski definition) is 6. The normalized spacial score (nSPS) is 14.1. The summed E-state index contributed by atoms with van der Waals surface area (Å²) in [5, 5.41) is 12.9. The molecule has 0 unspecified atom stereocenters. The molecule has 4 rings (SSSR count). The van der Waals surface area contributed by atoms with Crippen LogP contribution in [0, 0.1) is 13.8 Å². The van der Waals surface area contributed by atoms with E-state index in [2.05, 4.69) is 33.2 Å². The fourth-order valence-electron chi connectivity index (χ4n) is 3.58. The summed E-state index contributed by atoms with van der Waals surface area (Å²) in [6.07, 6.45) is 0. The molecule has 1 aliphatic heterocycles. The molecule has 0 atom stereocenters. The molecule has 0 N–H and O–H groups in total. The number of aromatic nitrogens is 4. The van der Waals surface area contributed by atoms with Crippen LogP contribution in [0.2, 0.25) is 0 Å². The van der Waals surface area contributed by atoms with E-state index in [9.17, 15) is 9.59 Å². The molecule has 154 valence electrons. The highest BCUT2D eigenvalue weighted by Crippen LogP contribution is 2.22. The Bertz CT molecular complexity index is 1100. The topological polar surface area (TPSA) is 84.2 Å². The lowest BCUT2D eigenvalue weighted by Gasteiger charge is -2.35. The molecule has 0 radical (unpaired) electrons. The van der Waals surface area contributed by atoms with Crippen molar-refractivity contribution in [2.24, 2.45) is 0 Å². The van der Waals surface area contributed by atoms with Gasteiger partial charge < -0.3 is 9.80 Å². The highest BCUT2D eigenvalue weighted by atomic mass is 16.2. The summed E-state index contributed by atoms with van der Waals surface area (Å²) in [5.74, 6) is 0.701. The summed E-state index contributed by atoms with van der Waals surface area (Å²) in [5.41, 5.74) is 3.53. The summed E-state index contributed by atoms with van der Waals surface area (Å²) in [4.78, 5) is 28.4. The van der Waals surface area contributed by atoms with Crippen LogP contribution in [-0.2, 0) is 11.3 Å². The van der Waals surface area contributed by atoms with Gasteiger partial charge in [0.15, 0.2) is 5.82 Å². The van der Waals surface area contributed by atoms with Crippen LogP contribution in [0.5, 0.6) is 0 Å². The van der Waals surface area contributed by atoms with E-state index in [-0.39, 0.29) is 18.0 Å². The average Bonchev–Trinajstić information content (AvgIpc) is 2.77. The van der Waals surface area contributed by atoms with Gasteiger partial charge in [-0.2, -0.15) is 5.10 Å². The molecule has 8 nitrogen and oxygen atoms in total. The molecule has 3 aromatic rings. The largest absolute Gasteiger partial charge is 0.352 e. The van der Waals surface area contributed by atoms with Crippen LogP contribution >= 0.6 is 0 Å². The van der Waals surface area contributed by atoms with Gasteiger partial charge in [0.2, 0.25) is 5.91 Å². The molecule has 1 aliphatic rings. The zero-order valence-corrected chi connectivity index (χ0v) is 17.2. The Morgan fingerprint density at radius 1 is 0.933 bits per heavy atom. The summed E-state index contributed by atoms with van der Waals surface area (Å²) in [7, 11) is 0. The predicted octanol–water partition coefficient (Wildman–Crippen LogP) is 1.67. The fourth-order valence-corrected chi connectivity index (χ4v) is 3.58. The van der Waals surface area contributed by atoms with Crippen molar-refractivity contribution in [3.05, 3.63) is 70.1 Å². The fraction of sp³-hybridized carbons (Fsp3) is 0.318. The van der Waals surface area contributed by atoms with Crippen molar-refractivity contribution in [3.63, 3.8) is 0 Å². The third kappa shape index (κ3) is 4.22. The predicted molar refractivity (Wildman–Crippen MR) is 114 cm³/mol. The van der Waals surface area contributed by atoms with E-state index in [1.54, 1.807) is 17.9 Å². The minimum Gasteiger partial charge on any atom is -0.352 e. The standard InChI is InChI=1S/C22H24N6O2/c1-16-5-3-4-6-18(16)19-8-9-20(24-23-19)26-11-13-27(14-12-26)22(30)15-28-21(29)10-7-17(2)25-28/h3-10H,11-15H2,1-2H3. The van der Waals surface area contributed by atoms with Gasteiger partial charge in [-0.15, -0.1) is 10.2 Å². The van der Waals surface area contributed by atoms with Crippen molar-refractivity contribution < 1.29 is 4.79 Å².